The van der Waals surface area contributed by atoms with E-state index in [2.05, 4.69) is 42.3 Å². The molecule has 6 heteroatoms. The van der Waals surface area contributed by atoms with E-state index in [0.29, 0.717) is 11.0 Å². The maximum atomic E-state index is 13.6. The lowest BCUT2D eigenvalue weighted by molar-refractivity contribution is 0.618. The highest BCUT2D eigenvalue weighted by atomic mass is 79.9. The van der Waals surface area contributed by atoms with Crippen LogP contribution in [0.3, 0.4) is 0 Å². The first-order chi connectivity index (χ1) is 9.43. The Kier molecular flexibility index (Phi) is 4.86. The van der Waals surface area contributed by atoms with E-state index in [4.69, 9.17) is 0 Å². The molecule has 0 amide bonds. The fraction of sp³-hybridized carbons (Fsp3) is 0.357. The summed E-state index contributed by atoms with van der Waals surface area (Å²) in [5, 5.41) is 7.72. The minimum Gasteiger partial charge on any atom is -0.379 e. The van der Waals surface area contributed by atoms with Crippen molar-refractivity contribution >= 4 is 37.5 Å². The molecule has 0 radical (unpaired) electrons. The van der Waals surface area contributed by atoms with Crippen molar-refractivity contribution in [3.63, 3.8) is 0 Å². The maximum absolute atomic E-state index is 13.6. The normalized spacial score (nSPS) is 10.9. The van der Waals surface area contributed by atoms with Gasteiger partial charge in [0.1, 0.15) is 5.82 Å². The van der Waals surface area contributed by atoms with Gasteiger partial charge in [-0.15, -0.1) is 0 Å². The van der Waals surface area contributed by atoms with E-state index in [9.17, 15) is 4.39 Å². The molecular formula is C14H16Br2FN3. The molecule has 1 aromatic heterocycles. The van der Waals surface area contributed by atoms with Crippen molar-refractivity contribution in [3.8, 4) is 0 Å². The molecule has 0 saturated heterocycles. The molecule has 0 unspecified atom stereocenters. The molecule has 108 valence electrons. The molecule has 0 atom stereocenters. The monoisotopic (exact) mass is 403 g/mol. The van der Waals surface area contributed by atoms with Crippen LogP contribution in [-0.2, 0) is 13.1 Å². The number of nitrogens with zero attached hydrogens (tertiary/aromatic N) is 2. The average Bonchev–Trinajstić information content (AvgIpc) is 2.68. The maximum Gasteiger partial charge on any atom is 0.139 e. The van der Waals surface area contributed by atoms with Gasteiger partial charge in [0.2, 0.25) is 0 Å². The van der Waals surface area contributed by atoms with Gasteiger partial charge in [-0.25, -0.2) is 4.39 Å². The summed E-state index contributed by atoms with van der Waals surface area (Å²) in [4.78, 5) is 0. The fourth-order valence-corrected chi connectivity index (χ4v) is 2.94. The Bertz CT molecular complexity index is 638. The molecule has 0 aliphatic carbocycles. The Morgan fingerprint density at radius 1 is 1.30 bits per heavy atom. The summed E-state index contributed by atoms with van der Waals surface area (Å²) in [6.45, 7) is 7.36. The second-order valence-electron chi connectivity index (χ2n) is 4.60. The Hall–Kier alpha value is -0.880. The van der Waals surface area contributed by atoms with Crippen LogP contribution >= 0.6 is 31.9 Å². The van der Waals surface area contributed by atoms with Crippen molar-refractivity contribution in [2.75, 3.05) is 5.32 Å². The van der Waals surface area contributed by atoms with Crippen LogP contribution in [0.25, 0.3) is 0 Å². The zero-order valence-corrected chi connectivity index (χ0v) is 14.8. The predicted octanol–water partition coefficient (Wildman–Crippen LogP) is 4.80. The number of benzene rings is 1. The van der Waals surface area contributed by atoms with E-state index in [1.807, 2.05) is 25.5 Å². The third kappa shape index (κ3) is 3.06. The number of hydrogen-bond donors (Lipinski definition) is 1. The van der Waals surface area contributed by atoms with Gasteiger partial charge in [-0.05, 0) is 70.3 Å². The van der Waals surface area contributed by atoms with Crippen LogP contribution in [-0.4, -0.2) is 9.78 Å². The molecule has 0 spiro atoms. The van der Waals surface area contributed by atoms with Crippen LogP contribution < -0.4 is 5.32 Å². The first kappa shape index (κ1) is 15.5. The van der Waals surface area contributed by atoms with Crippen molar-refractivity contribution in [2.24, 2.45) is 0 Å². The van der Waals surface area contributed by atoms with E-state index in [1.54, 1.807) is 6.07 Å². The molecule has 0 saturated carbocycles. The minimum absolute atomic E-state index is 0.266. The third-order valence-corrected chi connectivity index (χ3v) is 4.81. The highest BCUT2D eigenvalue weighted by Gasteiger charge is 2.12. The van der Waals surface area contributed by atoms with Crippen LogP contribution in [0.5, 0.6) is 0 Å². The minimum atomic E-state index is -0.266. The number of aryl methyl sites for hydroxylation is 3. The Morgan fingerprint density at radius 3 is 2.65 bits per heavy atom. The van der Waals surface area contributed by atoms with Gasteiger partial charge in [0, 0.05) is 12.2 Å². The molecule has 20 heavy (non-hydrogen) atoms. The first-order valence-corrected chi connectivity index (χ1v) is 7.94. The zero-order chi connectivity index (χ0) is 14.9. The van der Waals surface area contributed by atoms with Crippen molar-refractivity contribution < 1.29 is 4.39 Å². The second-order valence-corrected chi connectivity index (χ2v) is 6.24. The quantitative estimate of drug-likeness (QED) is 0.793. The molecule has 2 rings (SSSR count). The van der Waals surface area contributed by atoms with Crippen molar-refractivity contribution in [3.05, 3.63) is 43.8 Å². The Labute approximate surface area is 134 Å². The highest BCUT2D eigenvalue weighted by molar-refractivity contribution is 9.10. The lowest BCUT2D eigenvalue weighted by Crippen LogP contribution is -2.09. The molecule has 1 aromatic carbocycles. The molecular weight excluding hydrogens is 389 g/mol. The molecule has 1 heterocycles. The summed E-state index contributed by atoms with van der Waals surface area (Å²) in [5.74, 6) is -0.266. The summed E-state index contributed by atoms with van der Waals surface area (Å²) in [7, 11) is 0. The summed E-state index contributed by atoms with van der Waals surface area (Å²) in [6.07, 6.45) is 0. The molecule has 3 nitrogen and oxygen atoms in total. The van der Waals surface area contributed by atoms with E-state index in [-0.39, 0.29) is 5.82 Å². The zero-order valence-electron chi connectivity index (χ0n) is 11.6. The average molecular weight is 405 g/mol. The van der Waals surface area contributed by atoms with Crippen LogP contribution in [0.15, 0.2) is 21.1 Å². The van der Waals surface area contributed by atoms with Gasteiger partial charge in [-0.3, -0.25) is 4.68 Å². The van der Waals surface area contributed by atoms with Gasteiger partial charge >= 0.3 is 0 Å². The standard InChI is InChI=1S/C14H16Br2FN3/c1-4-20-13(14(16)9(3)19-20)7-18-12-6-11(17)10(15)5-8(12)2/h5-6,18H,4,7H2,1-3H3. The Balaban J connectivity index is 2.23. The van der Waals surface area contributed by atoms with Gasteiger partial charge in [0.05, 0.1) is 26.9 Å². The van der Waals surface area contributed by atoms with Gasteiger partial charge in [-0.2, -0.15) is 5.10 Å². The highest BCUT2D eigenvalue weighted by Crippen LogP contribution is 2.26. The van der Waals surface area contributed by atoms with E-state index < -0.39 is 0 Å². The van der Waals surface area contributed by atoms with Gasteiger partial charge in [0.25, 0.3) is 0 Å². The molecule has 0 fully saturated rings. The lowest BCUT2D eigenvalue weighted by Gasteiger charge is -2.12. The van der Waals surface area contributed by atoms with Gasteiger partial charge < -0.3 is 5.32 Å². The number of hydrogen-bond acceptors (Lipinski definition) is 2. The van der Waals surface area contributed by atoms with E-state index >= 15 is 0 Å². The first-order valence-electron chi connectivity index (χ1n) is 6.35. The van der Waals surface area contributed by atoms with Crippen molar-refractivity contribution in [1.29, 1.82) is 0 Å². The molecule has 0 aliphatic rings. The van der Waals surface area contributed by atoms with Crippen molar-refractivity contribution in [2.45, 2.75) is 33.9 Å². The van der Waals surface area contributed by atoms with Gasteiger partial charge in [0.15, 0.2) is 0 Å². The van der Waals surface area contributed by atoms with Crippen LogP contribution in [0.2, 0.25) is 0 Å². The number of rotatable bonds is 4. The fourth-order valence-electron chi connectivity index (χ4n) is 2.05. The summed E-state index contributed by atoms with van der Waals surface area (Å²) in [5.41, 5.74) is 3.81. The van der Waals surface area contributed by atoms with Crippen molar-refractivity contribution in [1.82, 2.24) is 9.78 Å². The van der Waals surface area contributed by atoms with Gasteiger partial charge in [-0.1, -0.05) is 0 Å². The largest absolute Gasteiger partial charge is 0.379 e. The number of halogens is 3. The molecule has 0 bridgehead atoms. The third-order valence-electron chi connectivity index (χ3n) is 3.17. The smallest absolute Gasteiger partial charge is 0.139 e. The number of nitrogens with one attached hydrogen (secondary N) is 1. The number of aromatic nitrogens is 2. The SMILES string of the molecule is CCn1nc(C)c(Br)c1CNc1cc(F)c(Br)cc1C. The van der Waals surface area contributed by atoms with Crippen LogP contribution in [0.4, 0.5) is 10.1 Å². The van der Waals surface area contributed by atoms with E-state index in [1.165, 1.54) is 6.07 Å². The molecule has 1 N–H and O–H groups in total. The summed E-state index contributed by atoms with van der Waals surface area (Å²) in [6, 6.07) is 3.28. The topological polar surface area (TPSA) is 29.9 Å². The van der Waals surface area contributed by atoms with E-state index in [0.717, 1.165) is 33.7 Å². The predicted molar refractivity (Wildman–Crippen MR) is 86.5 cm³/mol. The van der Waals surface area contributed by atoms with Crippen LogP contribution in [0, 0.1) is 19.7 Å². The second kappa shape index (κ2) is 6.26. The molecule has 2 aromatic rings. The summed E-state index contributed by atoms with van der Waals surface area (Å²) < 4.78 is 17.0. The Morgan fingerprint density at radius 2 is 2.00 bits per heavy atom. The number of anilines is 1. The molecule has 0 aliphatic heterocycles. The summed E-state index contributed by atoms with van der Waals surface area (Å²) >= 11 is 6.74. The lowest BCUT2D eigenvalue weighted by atomic mass is 10.2. The van der Waals surface area contributed by atoms with Crippen LogP contribution in [0.1, 0.15) is 23.9 Å².